The number of nitrogens with zero attached hydrogens (tertiary/aromatic N) is 1. The zero-order valence-corrected chi connectivity index (χ0v) is 7.31. The van der Waals surface area contributed by atoms with E-state index in [4.69, 9.17) is 5.11 Å². The second-order valence-electron chi connectivity index (χ2n) is 1.40. The lowest BCUT2D eigenvalue weighted by Crippen LogP contribution is -1.87. The van der Waals surface area contributed by atoms with E-state index in [2.05, 4.69) is 4.98 Å². The third-order valence-electron chi connectivity index (χ3n) is 0.809. The van der Waals surface area contributed by atoms with Gasteiger partial charge in [0.2, 0.25) is 0 Å². The molecule has 0 aliphatic heterocycles. The maximum absolute atomic E-state index is 8.40. The van der Waals surface area contributed by atoms with E-state index < -0.39 is 0 Å². The van der Waals surface area contributed by atoms with E-state index in [1.54, 1.807) is 17.5 Å². The molecule has 52 valence electrons. The van der Waals surface area contributed by atoms with Gasteiger partial charge < -0.3 is 5.11 Å². The molecule has 0 radical (unpaired) electrons. The molecule has 0 spiro atoms. The van der Waals surface area contributed by atoms with Gasteiger partial charge in [0.05, 0.1) is 5.01 Å². The van der Waals surface area contributed by atoms with Gasteiger partial charge in [0.25, 0.3) is 0 Å². The van der Waals surface area contributed by atoms with Crippen molar-refractivity contribution in [1.29, 1.82) is 0 Å². The van der Waals surface area contributed by atoms with Crippen LogP contribution < -0.4 is 0 Å². The molecule has 1 aromatic heterocycles. The first kappa shape index (κ1) is 9.07. The van der Waals surface area contributed by atoms with Crippen molar-refractivity contribution in [1.82, 2.24) is 4.98 Å². The Kier molecular flexibility index (Phi) is 4.94. The molecule has 0 unspecified atom stereocenters. The van der Waals surface area contributed by atoms with Gasteiger partial charge in [0.15, 0.2) is 0 Å². The fourth-order valence-electron chi connectivity index (χ4n) is 0.472. The summed E-state index contributed by atoms with van der Waals surface area (Å²) in [4.78, 5) is 3.96. The van der Waals surface area contributed by atoms with Crippen molar-refractivity contribution in [3.05, 3.63) is 16.6 Å². The molecule has 1 N–H and O–H groups in total. The number of thiazole rings is 1. The summed E-state index contributed by atoms with van der Waals surface area (Å²) in [6.45, 7) is 0.202. The Morgan fingerprint density at radius 3 is 2.89 bits per heavy atom. The first-order valence-corrected chi connectivity index (χ1v) is 3.30. The van der Waals surface area contributed by atoms with Crippen molar-refractivity contribution in [2.24, 2.45) is 0 Å². The Bertz CT molecular complexity index is 143. The van der Waals surface area contributed by atoms with E-state index in [-0.39, 0.29) is 23.6 Å². The number of aliphatic hydroxyl groups excluding tert-OH is 1. The van der Waals surface area contributed by atoms with Gasteiger partial charge in [0.1, 0.15) is 0 Å². The van der Waals surface area contributed by atoms with E-state index in [1.807, 2.05) is 5.38 Å². The molecule has 0 saturated heterocycles. The van der Waals surface area contributed by atoms with Crippen molar-refractivity contribution in [3.8, 4) is 0 Å². The smallest absolute Gasteiger partial charge is 0.0947 e. The van der Waals surface area contributed by atoms with Gasteiger partial charge in [-0.15, -0.1) is 28.3 Å². The van der Waals surface area contributed by atoms with Gasteiger partial charge in [-0.3, -0.25) is 0 Å². The zero-order valence-electron chi connectivity index (χ0n) is 4.78. The van der Waals surface area contributed by atoms with Gasteiger partial charge in [0, 0.05) is 24.6 Å². The van der Waals surface area contributed by atoms with Crippen molar-refractivity contribution in [2.75, 3.05) is 6.61 Å². The lowest BCUT2D eigenvalue weighted by atomic mass is 10.5. The number of hydrogen-bond donors (Lipinski definition) is 1. The highest BCUT2D eigenvalue weighted by Gasteiger charge is 1.89. The highest BCUT2D eigenvalue weighted by Crippen LogP contribution is 2.02. The molecular weight excluding hydrogens is 202 g/mol. The van der Waals surface area contributed by atoms with Crippen molar-refractivity contribution < 1.29 is 5.11 Å². The minimum Gasteiger partial charge on any atom is -0.396 e. The summed E-state index contributed by atoms with van der Waals surface area (Å²) in [6, 6.07) is 0. The largest absolute Gasteiger partial charge is 0.396 e. The van der Waals surface area contributed by atoms with Gasteiger partial charge in [-0.25, -0.2) is 4.98 Å². The molecule has 0 saturated carbocycles. The fraction of sp³-hybridized carbons (Fsp3) is 0.400. The summed E-state index contributed by atoms with van der Waals surface area (Å²) in [5.74, 6) is 0. The number of hydrogen-bond acceptors (Lipinski definition) is 3. The van der Waals surface area contributed by atoms with Crippen LogP contribution >= 0.6 is 28.3 Å². The zero-order chi connectivity index (χ0) is 5.82. The Hall–Kier alpha value is 0.0700. The minimum atomic E-state index is 0. The van der Waals surface area contributed by atoms with Gasteiger partial charge in [-0.1, -0.05) is 0 Å². The van der Waals surface area contributed by atoms with E-state index in [0.717, 1.165) is 5.01 Å². The molecular formula is C5H8BrNOS. The molecule has 2 nitrogen and oxygen atoms in total. The predicted molar refractivity (Wildman–Crippen MR) is 43.2 cm³/mol. The lowest BCUT2D eigenvalue weighted by Gasteiger charge is -1.84. The molecule has 0 fully saturated rings. The molecule has 1 heterocycles. The van der Waals surface area contributed by atoms with Crippen LogP contribution in [0.3, 0.4) is 0 Å². The van der Waals surface area contributed by atoms with E-state index in [9.17, 15) is 0 Å². The first-order chi connectivity index (χ1) is 3.93. The average molecular weight is 210 g/mol. The normalized spacial score (nSPS) is 8.56. The second kappa shape index (κ2) is 4.90. The molecule has 1 rings (SSSR count). The molecule has 0 bridgehead atoms. The third kappa shape index (κ3) is 2.93. The molecule has 9 heavy (non-hydrogen) atoms. The third-order valence-corrected chi connectivity index (χ3v) is 1.65. The van der Waals surface area contributed by atoms with E-state index in [0.29, 0.717) is 6.42 Å². The van der Waals surface area contributed by atoms with Crippen LogP contribution in [0.1, 0.15) is 5.01 Å². The molecule has 0 aliphatic rings. The highest BCUT2D eigenvalue weighted by atomic mass is 79.9. The van der Waals surface area contributed by atoms with Crippen LogP contribution in [0.2, 0.25) is 0 Å². The topological polar surface area (TPSA) is 33.1 Å². The van der Waals surface area contributed by atoms with Crippen LogP contribution in [-0.2, 0) is 6.42 Å². The summed E-state index contributed by atoms with van der Waals surface area (Å²) in [7, 11) is 0. The lowest BCUT2D eigenvalue weighted by molar-refractivity contribution is 0.299. The van der Waals surface area contributed by atoms with Crippen LogP contribution in [0.4, 0.5) is 0 Å². The molecule has 0 aliphatic carbocycles. The summed E-state index contributed by atoms with van der Waals surface area (Å²) < 4.78 is 0. The van der Waals surface area contributed by atoms with E-state index in [1.165, 1.54) is 0 Å². The van der Waals surface area contributed by atoms with Gasteiger partial charge >= 0.3 is 0 Å². The molecule has 4 heteroatoms. The van der Waals surface area contributed by atoms with Crippen LogP contribution in [0, 0.1) is 0 Å². The highest BCUT2D eigenvalue weighted by molar-refractivity contribution is 8.93. The molecule has 0 atom stereocenters. The second-order valence-corrected chi connectivity index (χ2v) is 2.38. The van der Waals surface area contributed by atoms with E-state index >= 15 is 0 Å². The Morgan fingerprint density at radius 2 is 2.44 bits per heavy atom. The van der Waals surface area contributed by atoms with Crippen LogP contribution in [0.25, 0.3) is 0 Å². The standard InChI is InChI=1S/C5H7NOS.BrH/c7-3-1-5-6-2-4-8-5;/h2,4,7H,1,3H2;1H. The number of aliphatic hydroxyl groups is 1. The number of halogens is 1. The predicted octanol–water partition coefficient (Wildman–Crippen LogP) is 1.26. The van der Waals surface area contributed by atoms with Crippen LogP contribution in [0.15, 0.2) is 11.6 Å². The van der Waals surface area contributed by atoms with Crippen molar-refractivity contribution in [2.45, 2.75) is 6.42 Å². The summed E-state index contributed by atoms with van der Waals surface area (Å²) in [5.41, 5.74) is 0. The quantitative estimate of drug-likeness (QED) is 0.796. The van der Waals surface area contributed by atoms with Crippen molar-refractivity contribution >= 4 is 28.3 Å². The Morgan fingerprint density at radius 1 is 1.67 bits per heavy atom. The van der Waals surface area contributed by atoms with Crippen LogP contribution in [0.5, 0.6) is 0 Å². The van der Waals surface area contributed by atoms with Crippen molar-refractivity contribution in [3.63, 3.8) is 0 Å². The van der Waals surface area contributed by atoms with Gasteiger partial charge in [-0.05, 0) is 0 Å². The first-order valence-electron chi connectivity index (χ1n) is 2.42. The maximum Gasteiger partial charge on any atom is 0.0947 e. The SMILES string of the molecule is Br.OCCc1nccs1. The summed E-state index contributed by atoms with van der Waals surface area (Å²) in [6.07, 6.45) is 2.44. The summed E-state index contributed by atoms with van der Waals surface area (Å²) >= 11 is 1.58. The maximum atomic E-state index is 8.40. The molecule has 0 amide bonds. The summed E-state index contributed by atoms with van der Waals surface area (Å²) in [5, 5.41) is 11.3. The number of aromatic nitrogens is 1. The van der Waals surface area contributed by atoms with Crippen LogP contribution in [-0.4, -0.2) is 16.7 Å². The molecule has 1 aromatic rings. The minimum absolute atomic E-state index is 0. The average Bonchev–Trinajstić information content (AvgIpc) is 2.19. The molecule has 0 aromatic carbocycles. The monoisotopic (exact) mass is 209 g/mol. The Labute approximate surface area is 68.3 Å². The Balaban J connectivity index is 0.000000640. The number of rotatable bonds is 2. The van der Waals surface area contributed by atoms with Gasteiger partial charge in [-0.2, -0.15) is 0 Å². The fourth-order valence-corrected chi connectivity index (χ4v) is 1.08.